The van der Waals surface area contributed by atoms with Crippen LogP contribution < -0.4 is 10.2 Å². The summed E-state index contributed by atoms with van der Waals surface area (Å²) in [6, 6.07) is 7.11. The summed E-state index contributed by atoms with van der Waals surface area (Å²) in [5, 5.41) is 3.41. The molecule has 0 bridgehead atoms. The molecule has 0 saturated carbocycles. The molecule has 2 aromatic rings. The van der Waals surface area contributed by atoms with Crippen LogP contribution in [-0.2, 0) is 13.1 Å². The Bertz CT molecular complexity index is 573. The topological polar surface area (TPSA) is 28.4 Å². The SMILES string of the molecule is CN(Cc1ccoc1)c1c(F)cccc1CNC(C)(C)C. The number of rotatable bonds is 5. The molecule has 4 heteroatoms. The van der Waals surface area contributed by atoms with E-state index < -0.39 is 0 Å². The smallest absolute Gasteiger partial charge is 0.146 e. The Morgan fingerprint density at radius 2 is 2.00 bits per heavy atom. The number of para-hydroxylation sites is 1. The van der Waals surface area contributed by atoms with Crippen LogP contribution in [0.5, 0.6) is 0 Å². The molecule has 0 amide bonds. The third-order valence-corrected chi connectivity index (χ3v) is 3.26. The molecule has 1 heterocycles. The molecule has 21 heavy (non-hydrogen) atoms. The Balaban J connectivity index is 2.20. The minimum absolute atomic E-state index is 0.00723. The number of anilines is 1. The van der Waals surface area contributed by atoms with E-state index in [-0.39, 0.29) is 11.4 Å². The Kier molecular flexibility index (Phi) is 4.68. The molecule has 114 valence electrons. The van der Waals surface area contributed by atoms with Crippen LogP contribution in [0.15, 0.2) is 41.2 Å². The highest BCUT2D eigenvalue weighted by Gasteiger charge is 2.16. The Hall–Kier alpha value is -1.81. The van der Waals surface area contributed by atoms with E-state index in [4.69, 9.17) is 4.42 Å². The van der Waals surface area contributed by atoms with E-state index in [1.54, 1.807) is 18.6 Å². The lowest BCUT2D eigenvalue weighted by Gasteiger charge is -2.25. The van der Waals surface area contributed by atoms with Gasteiger partial charge >= 0.3 is 0 Å². The van der Waals surface area contributed by atoms with E-state index >= 15 is 0 Å². The van der Waals surface area contributed by atoms with Gasteiger partial charge in [-0.15, -0.1) is 0 Å². The second-order valence-corrected chi connectivity index (χ2v) is 6.34. The monoisotopic (exact) mass is 290 g/mol. The summed E-state index contributed by atoms with van der Waals surface area (Å²) < 4.78 is 19.3. The molecule has 1 aromatic heterocycles. The molecule has 0 saturated heterocycles. The van der Waals surface area contributed by atoms with E-state index in [2.05, 4.69) is 26.1 Å². The zero-order chi connectivity index (χ0) is 15.5. The van der Waals surface area contributed by atoms with E-state index in [1.807, 2.05) is 24.1 Å². The first-order valence-electron chi connectivity index (χ1n) is 7.11. The van der Waals surface area contributed by atoms with Crippen molar-refractivity contribution >= 4 is 5.69 Å². The summed E-state index contributed by atoms with van der Waals surface area (Å²) in [4.78, 5) is 1.92. The van der Waals surface area contributed by atoms with Crippen molar-refractivity contribution in [1.82, 2.24) is 5.32 Å². The van der Waals surface area contributed by atoms with Gasteiger partial charge in [0.25, 0.3) is 0 Å². The van der Waals surface area contributed by atoms with E-state index in [9.17, 15) is 4.39 Å². The largest absolute Gasteiger partial charge is 0.472 e. The van der Waals surface area contributed by atoms with Gasteiger partial charge in [-0.2, -0.15) is 0 Å². The van der Waals surface area contributed by atoms with Crippen molar-refractivity contribution in [3.8, 4) is 0 Å². The zero-order valence-electron chi connectivity index (χ0n) is 13.1. The molecular formula is C17H23FN2O. The second kappa shape index (κ2) is 6.31. The van der Waals surface area contributed by atoms with Crippen LogP contribution >= 0.6 is 0 Å². The first-order chi connectivity index (χ1) is 9.87. The van der Waals surface area contributed by atoms with Crippen molar-refractivity contribution in [3.63, 3.8) is 0 Å². The predicted molar refractivity (Wildman–Crippen MR) is 83.8 cm³/mol. The van der Waals surface area contributed by atoms with Gasteiger partial charge in [0.1, 0.15) is 5.82 Å². The van der Waals surface area contributed by atoms with Gasteiger partial charge in [0, 0.05) is 31.2 Å². The number of nitrogens with one attached hydrogen (secondary N) is 1. The molecule has 0 aliphatic carbocycles. The molecule has 0 radical (unpaired) electrons. The van der Waals surface area contributed by atoms with Crippen molar-refractivity contribution in [1.29, 1.82) is 0 Å². The minimum Gasteiger partial charge on any atom is -0.472 e. The second-order valence-electron chi connectivity index (χ2n) is 6.34. The van der Waals surface area contributed by atoms with E-state index in [1.165, 1.54) is 6.07 Å². The standard InChI is InChI=1S/C17H23FN2O/c1-17(2,3)19-10-14-6-5-7-15(18)16(14)20(4)11-13-8-9-21-12-13/h5-9,12,19H,10-11H2,1-4H3. The molecule has 0 spiro atoms. The Morgan fingerprint density at radius 3 is 2.62 bits per heavy atom. The number of halogens is 1. The van der Waals surface area contributed by atoms with Crippen LogP contribution in [0.4, 0.5) is 10.1 Å². The summed E-state index contributed by atoms with van der Waals surface area (Å²) in [5.74, 6) is -0.200. The summed E-state index contributed by atoms with van der Waals surface area (Å²) in [6.45, 7) is 7.54. The van der Waals surface area contributed by atoms with Crippen LogP contribution in [-0.4, -0.2) is 12.6 Å². The minimum atomic E-state index is -0.200. The molecule has 0 aliphatic heterocycles. The van der Waals surface area contributed by atoms with Gasteiger partial charge in [-0.3, -0.25) is 0 Å². The van der Waals surface area contributed by atoms with E-state index in [0.29, 0.717) is 18.8 Å². The van der Waals surface area contributed by atoms with Crippen molar-refractivity contribution in [2.45, 2.75) is 39.4 Å². The molecule has 0 atom stereocenters. The number of nitrogens with zero attached hydrogens (tertiary/aromatic N) is 1. The summed E-state index contributed by atoms with van der Waals surface area (Å²) in [7, 11) is 1.89. The average Bonchev–Trinajstić information content (AvgIpc) is 2.88. The predicted octanol–water partition coefficient (Wildman–Crippen LogP) is 3.94. The van der Waals surface area contributed by atoms with E-state index in [0.717, 1.165) is 11.1 Å². The highest BCUT2D eigenvalue weighted by Crippen LogP contribution is 2.25. The third kappa shape index (κ3) is 4.33. The first kappa shape index (κ1) is 15.6. The lowest BCUT2D eigenvalue weighted by atomic mass is 10.1. The molecule has 0 aliphatic rings. The quantitative estimate of drug-likeness (QED) is 0.904. The molecule has 0 unspecified atom stereocenters. The van der Waals surface area contributed by atoms with Crippen molar-refractivity contribution < 1.29 is 8.81 Å². The fourth-order valence-corrected chi connectivity index (χ4v) is 2.23. The van der Waals surface area contributed by atoms with Crippen LogP contribution in [0.25, 0.3) is 0 Å². The number of furan rings is 1. The lowest BCUT2D eigenvalue weighted by molar-refractivity contribution is 0.423. The van der Waals surface area contributed by atoms with Gasteiger partial charge < -0.3 is 14.6 Å². The first-order valence-corrected chi connectivity index (χ1v) is 7.11. The van der Waals surface area contributed by atoms with Crippen molar-refractivity contribution in [2.24, 2.45) is 0 Å². The zero-order valence-corrected chi connectivity index (χ0v) is 13.1. The Labute approximate surface area is 125 Å². The average molecular weight is 290 g/mol. The highest BCUT2D eigenvalue weighted by atomic mass is 19.1. The van der Waals surface area contributed by atoms with Gasteiger partial charge in [-0.1, -0.05) is 12.1 Å². The summed E-state index contributed by atoms with van der Waals surface area (Å²) in [5.41, 5.74) is 2.61. The fraction of sp³-hybridized carbons (Fsp3) is 0.412. The molecule has 0 fully saturated rings. The van der Waals surface area contributed by atoms with Gasteiger partial charge in [0.05, 0.1) is 18.2 Å². The summed E-state index contributed by atoms with van der Waals surface area (Å²) in [6.07, 6.45) is 3.32. The highest BCUT2D eigenvalue weighted by molar-refractivity contribution is 5.54. The molecular weight excluding hydrogens is 267 g/mol. The van der Waals surface area contributed by atoms with Gasteiger partial charge in [-0.25, -0.2) is 4.39 Å². The maximum absolute atomic E-state index is 14.3. The number of hydrogen-bond acceptors (Lipinski definition) is 3. The molecule has 1 N–H and O–H groups in total. The van der Waals surface area contributed by atoms with Crippen LogP contribution in [0.1, 0.15) is 31.9 Å². The third-order valence-electron chi connectivity index (χ3n) is 3.26. The maximum atomic E-state index is 14.3. The number of hydrogen-bond donors (Lipinski definition) is 1. The molecule has 3 nitrogen and oxygen atoms in total. The van der Waals surface area contributed by atoms with Gasteiger partial charge in [0.2, 0.25) is 0 Å². The van der Waals surface area contributed by atoms with Crippen LogP contribution in [0, 0.1) is 5.82 Å². The summed E-state index contributed by atoms with van der Waals surface area (Å²) >= 11 is 0. The maximum Gasteiger partial charge on any atom is 0.146 e. The van der Waals surface area contributed by atoms with Gasteiger partial charge in [-0.05, 0) is 38.5 Å². The van der Waals surface area contributed by atoms with Crippen LogP contribution in [0.2, 0.25) is 0 Å². The van der Waals surface area contributed by atoms with Crippen LogP contribution in [0.3, 0.4) is 0 Å². The Morgan fingerprint density at radius 1 is 1.24 bits per heavy atom. The van der Waals surface area contributed by atoms with Crippen molar-refractivity contribution in [3.05, 3.63) is 53.7 Å². The molecule has 2 rings (SSSR count). The van der Waals surface area contributed by atoms with Crippen molar-refractivity contribution in [2.75, 3.05) is 11.9 Å². The molecule has 1 aromatic carbocycles. The number of benzene rings is 1. The normalized spacial score (nSPS) is 11.7. The lowest BCUT2D eigenvalue weighted by Crippen LogP contribution is -2.35. The van der Waals surface area contributed by atoms with Gasteiger partial charge in [0.15, 0.2) is 0 Å². The fourth-order valence-electron chi connectivity index (χ4n) is 2.23.